The lowest BCUT2D eigenvalue weighted by Crippen LogP contribution is -1.86. The molecule has 3 aromatic carbocycles. The molecule has 0 unspecified atom stereocenters. The first kappa shape index (κ1) is 14.2. The van der Waals surface area contributed by atoms with Crippen LogP contribution in [0.3, 0.4) is 0 Å². The van der Waals surface area contributed by atoms with Gasteiger partial charge in [-0.25, -0.2) is 4.98 Å². The second-order valence-electron chi connectivity index (χ2n) is 5.88. The maximum Gasteiger partial charge on any atom is 0.124 e. The third-order valence-corrected chi connectivity index (χ3v) is 5.06. The first-order chi connectivity index (χ1) is 11.2. The van der Waals surface area contributed by atoms with E-state index < -0.39 is 0 Å². The van der Waals surface area contributed by atoms with Crippen LogP contribution in [-0.4, -0.2) is 4.98 Å². The van der Waals surface area contributed by atoms with E-state index in [0.29, 0.717) is 0 Å². The Kier molecular flexibility index (Phi) is 3.47. The molecule has 1 nitrogen and oxygen atoms in total. The van der Waals surface area contributed by atoms with Crippen LogP contribution in [0.5, 0.6) is 0 Å². The van der Waals surface area contributed by atoms with Crippen LogP contribution >= 0.6 is 11.3 Å². The molecule has 0 saturated heterocycles. The summed E-state index contributed by atoms with van der Waals surface area (Å²) in [5, 5.41) is 5.76. The fourth-order valence-electron chi connectivity index (χ4n) is 3.03. The van der Waals surface area contributed by atoms with Crippen LogP contribution in [0.25, 0.3) is 32.6 Å². The molecular formula is C21H17NS. The molecule has 0 amide bonds. The van der Waals surface area contributed by atoms with E-state index >= 15 is 0 Å². The normalized spacial score (nSPS) is 11.0. The molecule has 2 heteroatoms. The van der Waals surface area contributed by atoms with E-state index in [1.54, 1.807) is 11.3 Å². The van der Waals surface area contributed by atoms with Gasteiger partial charge in [0, 0.05) is 16.5 Å². The molecular weight excluding hydrogens is 298 g/mol. The van der Waals surface area contributed by atoms with Crippen LogP contribution in [0, 0.1) is 13.8 Å². The van der Waals surface area contributed by atoms with Gasteiger partial charge < -0.3 is 0 Å². The van der Waals surface area contributed by atoms with Crippen LogP contribution < -0.4 is 0 Å². The Labute approximate surface area is 140 Å². The van der Waals surface area contributed by atoms with Gasteiger partial charge in [0.05, 0.1) is 5.69 Å². The number of fused-ring (bicyclic) bond motifs is 1. The van der Waals surface area contributed by atoms with E-state index in [4.69, 9.17) is 4.98 Å². The van der Waals surface area contributed by atoms with E-state index in [9.17, 15) is 0 Å². The van der Waals surface area contributed by atoms with Crippen LogP contribution in [0.1, 0.15) is 11.1 Å². The van der Waals surface area contributed by atoms with E-state index in [0.717, 1.165) is 10.7 Å². The first-order valence-corrected chi connectivity index (χ1v) is 8.61. The maximum absolute atomic E-state index is 4.91. The molecule has 0 N–H and O–H groups in total. The van der Waals surface area contributed by atoms with Gasteiger partial charge in [0.2, 0.25) is 0 Å². The maximum atomic E-state index is 4.91. The molecule has 1 aromatic heterocycles. The summed E-state index contributed by atoms with van der Waals surface area (Å²) in [6.07, 6.45) is 0. The Balaban J connectivity index is 1.84. The third kappa shape index (κ3) is 2.55. The van der Waals surface area contributed by atoms with E-state index in [2.05, 4.69) is 79.9 Å². The first-order valence-electron chi connectivity index (χ1n) is 7.74. The highest BCUT2D eigenvalue weighted by molar-refractivity contribution is 7.13. The molecule has 0 bridgehead atoms. The van der Waals surface area contributed by atoms with Crippen molar-refractivity contribution in [2.24, 2.45) is 0 Å². The van der Waals surface area contributed by atoms with Crippen molar-refractivity contribution < 1.29 is 0 Å². The topological polar surface area (TPSA) is 12.9 Å². The average molecular weight is 315 g/mol. The Morgan fingerprint density at radius 1 is 0.826 bits per heavy atom. The van der Waals surface area contributed by atoms with Gasteiger partial charge in [-0.2, -0.15) is 0 Å². The largest absolute Gasteiger partial charge is 0.236 e. The van der Waals surface area contributed by atoms with Gasteiger partial charge in [-0.3, -0.25) is 0 Å². The molecule has 0 aliphatic heterocycles. The Morgan fingerprint density at radius 2 is 1.65 bits per heavy atom. The zero-order valence-electron chi connectivity index (χ0n) is 13.2. The molecule has 4 rings (SSSR count). The van der Waals surface area contributed by atoms with Crippen molar-refractivity contribution in [3.8, 4) is 21.8 Å². The van der Waals surface area contributed by atoms with Gasteiger partial charge in [-0.1, -0.05) is 66.2 Å². The monoisotopic (exact) mass is 315 g/mol. The van der Waals surface area contributed by atoms with Crippen molar-refractivity contribution in [3.63, 3.8) is 0 Å². The highest BCUT2D eigenvalue weighted by Crippen LogP contribution is 2.34. The van der Waals surface area contributed by atoms with Gasteiger partial charge in [-0.15, -0.1) is 11.3 Å². The summed E-state index contributed by atoms with van der Waals surface area (Å²) in [6, 6.07) is 21.4. The quantitative estimate of drug-likeness (QED) is 0.426. The molecule has 0 saturated carbocycles. The Hall–Kier alpha value is -2.45. The zero-order valence-corrected chi connectivity index (χ0v) is 14.0. The van der Waals surface area contributed by atoms with Crippen LogP contribution in [0.2, 0.25) is 0 Å². The molecule has 0 atom stereocenters. The summed E-state index contributed by atoms with van der Waals surface area (Å²) in [5.74, 6) is 0. The van der Waals surface area contributed by atoms with E-state index in [1.807, 2.05) is 0 Å². The minimum absolute atomic E-state index is 1.07. The lowest BCUT2D eigenvalue weighted by molar-refractivity contribution is 1.34. The zero-order chi connectivity index (χ0) is 15.8. The molecule has 0 radical (unpaired) electrons. The number of hydrogen-bond acceptors (Lipinski definition) is 2. The number of nitrogens with zero attached hydrogens (tertiary/aromatic N) is 1. The number of thiazole rings is 1. The van der Waals surface area contributed by atoms with Crippen LogP contribution in [-0.2, 0) is 0 Å². The minimum atomic E-state index is 1.07. The van der Waals surface area contributed by atoms with Crippen molar-refractivity contribution in [1.82, 2.24) is 4.98 Å². The van der Waals surface area contributed by atoms with Gasteiger partial charge in [-0.05, 0) is 30.2 Å². The fraction of sp³-hybridized carbons (Fsp3) is 0.0952. The number of rotatable bonds is 2. The summed E-state index contributed by atoms with van der Waals surface area (Å²) in [4.78, 5) is 4.91. The minimum Gasteiger partial charge on any atom is -0.236 e. The molecule has 4 aromatic rings. The number of hydrogen-bond donors (Lipinski definition) is 0. The summed E-state index contributed by atoms with van der Waals surface area (Å²) in [7, 11) is 0. The van der Waals surface area contributed by atoms with Gasteiger partial charge in [0.25, 0.3) is 0 Å². The van der Waals surface area contributed by atoms with Gasteiger partial charge in [0.15, 0.2) is 0 Å². The third-order valence-electron chi connectivity index (χ3n) is 4.18. The summed E-state index contributed by atoms with van der Waals surface area (Å²) < 4.78 is 0. The van der Waals surface area contributed by atoms with E-state index in [-0.39, 0.29) is 0 Å². The van der Waals surface area contributed by atoms with Crippen molar-refractivity contribution in [1.29, 1.82) is 0 Å². The molecule has 112 valence electrons. The Morgan fingerprint density at radius 3 is 2.52 bits per heavy atom. The average Bonchev–Trinajstić information content (AvgIpc) is 3.04. The molecule has 1 heterocycles. The highest BCUT2D eigenvalue weighted by Gasteiger charge is 2.11. The molecule has 23 heavy (non-hydrogen) atoms. The molecule has 0 aliphatic rings. The number of aromatic nitrogens is 1. The van der Waals surface area contributed by atoms with Crippen molar-refractivity contribution >= 4 is 22.1 Å². The summed E-state index contributed by atoms with van der Waals surface area (Å²) in [6.45, 7) is 4.28. The second kappa shape index (κ2) is 5.64. The fourth-order valence-corrected chi connectivity index (χ4v) is 3.89. The van der Waals surface area contributed by atoms with Crippen molar-refractivity contribution in [2.45, 2.75) is 13.8 Å². The SMILES string of the molecule is Cc1ccc(-c2csc(-c3cccc4ccccc34)n2)c(C)c1. The van der Waals surface area contributed by atoms with E-state index in [1.165, 1.54) is 33.0 Å². The summed E-state index contributed by atoms with van der Waals surface area (Å²) >= 11 is 1.71. The lowest BCUT2D eigenvalue weighted by Gasteiger charge is -2.05. The van der Waals surface area contributed by atoms with Gasteiger partial charge in [0.1, 0.15) is 5.01 Å². The van der Waals surface area contributed by atoms with Crippen LogP contribution in [0.15, 0.2) is 66.0 Å². The second-order valence-corrected chi connectivity index (χ2v) is 6.74. The lowest BCUT2D eigenvalue weighted by atomic mass is 10.0. The molecule has 0 spiro atoms. The Bertz CT molecular complexity index is 992. The molecule has 0 aliphatic carbocycles. The van der Waals surface area contributed by atoms with Gasteiger partial charge >= 0.3 is 0 Å². The highest BCUT2D eigenvalue weighted by atomic mass is 32.1. The van der Waals surface area contributed by atoms with Crippen molar-refractivity contribution in [3.05, 3.63) is 77.2 Å². The van der Waals surface area contributed by atoms with Crippen molar-refractivity contribution in [2.75, 3.05) is 0 Å². The molecule has 0 fully saturated rings. The number of aryl methyl sites for hydroxylation is 2. The smallest absolute Gasteiger partial charge is 0.124 e. The summed E-state index contributed by atoms with van der Waals surface area (Å²) in [5.41, 5.74) is 6.06. The standard InChI is InChI=1S/C21H17NS/c1-14-10-11-17(15(2)12-14)20-13-23-21(22-20)19-9-5-7-16-6-3-4-8-18(16)19/h3-13H,1-2H3. The number of benzene rings is 3. The van der Waals surface area contributed by atoms with Crippen LogP contribution in [0.4, 0.5) is 0 Å². The predicted molar refractivity (Wildman–Crippen MR) is 100.0 cm³/mol. The predicted octanol–water partition coefficient (Wildman–Crippen LogP) is 6.25.